The Labute approximate surface area is 122 Å². The van der Waals surface area contributed by atoms with Gasteiger partial charge in [-0.3, -0.25) is 0 Å². The van der Waals surface area contributed by atoms with Crippen LogP contribution in [0.3, 0.4) is 0 Å². The Morgan fingerprint density at radius 3 is 2.75 bits per heavy atom. The molecular weight excluding hydrogens is 253 g/mol. The van der Waals surface area contributed by atoms with Gasteiger partial charge in [0.15, 0.2) is 11.6 Å². The van der Waals surface area contributed by atoms with E-state index >= 15 is 0 Å². The van der Waals surface area contributed by atoms with Crippen molar-refractivity contribution in [3.05, 3.63) is 42.2 Å². The van der Waals surface area contributed by atoms with Crippen LogP contribution < -0.4 is 10.1 Å². The molecule has 0 aliphatic carbocycles. The molecular formula is C17H26FNO. The molecule has 1 aromatic carbocycles. The fourth-order valence-electron chi connectivity index (χ4n) is 1.84. The van der Waals surface area contributed by atoms with Crippen molar-refractivity contribution >= 4 is 0 Å². The Morgan fingerprint density at radius 2 is 2.10 bits per heavy atom. The number of rotatable bonds is 10. The van der Waals surface area contributed by atoms with Gasteiger partial charge in [0, 0.05) is 12.6 Å². The highest BCUT2D eigenvalue weighted by molar-refractivity contribution is 5.29. The Hall–Kier alpha value is -1.35. The van der Waals surface area contributed by atoms with Crippen molar-refractivity contribution in [2.75, 3.05) is 6.61 Å². The molecule has 0 saturated carbocycles. The molecule has 0 spiro atoms. The second-order valence-electron chi connectivity index (χ2n) is 5.29. The standard InChI is InChI=1S/C17H26FNO/c1-4-5-6-7-8-11-20-17-10-9-15(12-16(17)18)13-19-14(2)3/h4,9-10,12,14,19H,1,5-8,11,13H2,2-3H3. The largest absolute Gasteiger partial charge is 0.491 e. The molecule has 0 aliphatic rings. The van der Waals surface area contributed by atoms with Crippen LogP contribution in [0.2, 0.25) is 0 Å². The first kappa shape index (κ1) is 16.7. The van der Waals surface area contributed by atoms with E-state index < -0.39 is 0 Å². The van der Waals surface area contributed by atoms with Crippen molar-refractivity contribution in [3.63, 3.8) is 0 Å². The maximum absolute atomic E-state index is 13.8. The summed E-state index contributed by atoms with van der Waals surface area (Å²) in [5.41, 5.74) is 0.939. The van der Waals surface area contributed by atoms with Gasteiger partial charge in [-0.1, -0.05) is 26.0 Å². The van der Waals surface area contributed by atoms with Gasteiger partial charge in [0.1, 0.15) is 0 Å². The van der Waals surface area contributed by atoms with E-state index in [2.05, 4.69) is 25.7 Å². The number of hydrogen-bond acceptors (Lipinski definition) is 2. The first-order chi connectivity index (χ1) is 9.63. The van der Waals surface area contributed by atoms with E-state index in [0.29, 0.717) is 24.9 Å². The third-order valence-corrected chi connectivity index (χ3v) is 3.02. The Morgan fingerprint density at radius 1 is 1.30 bits per heavy atom. The van der Waals surface area contributed by atoms with E-state index in [1.54, 1.807) is 12.1 Å². The zero-order valence-electron chi connectivity index (χ0n) is 12.6. The molecule has 20 heavy (non-hydrogen) atoms. The third kappa shape index (κ3) is 6.71. The van der Waals surface area contributed by atoms with Crippen molar-refractivity contribution in [2.45, 2.75) is 52.1 Å². The first-order valence-corrected chi connectivity index (χ1v) is 7.39. The van der Waals surface area contributed by atoms with Crippen LogP contribution in [0.5, 0.6) is 5.75 Å². The van der Waals surface area contributed by atoms with Crippen LogP contribution in [0, 0.1) is 5.82 Å². The molecule has 0 saturated heterocycles. The topological polar surface area (TPSA) is 21.3 Å². The lowest BCUT2D eigenvalue weighted by atomic mass is 10.2. The smallest absolute Gasteiger partial charge is 0.165 e. The van der Waals surface area contributed by atoms with E-state index in [1.807, 2.05) is 12.1 Å². The predicted octanol–water partition coefficient (Wildman–Crippen LogP) is 4.45. The quantitative estimate of drug-likeness (QED) is 0.504. The van der Waals surface area contributed by atoms with Crippen molar-refractivity contribution in [2.24, 2.45) is 0 Å². The molecule has 0 amide bonds. The molecule has 0 bridgehead atoms. The van der Waals surface area contributed by atoms with Crippen molar-refractivity contribution < 1.29 is 9.13 Å². The van der Waals surface area contributed by atoms with Crippen molar-refractivity contribution in [3.8, 4) is 5.75 Å². The predicted molar refractivity (Wildman–Crippen MR) is 82.5 cm³/mol. The second-order valence-corrected chi connectivity index (χ2v) is 5.29. The molecule has 2 nitrogen and oxygen atoms in total. The van der Waals surface area contributed by atoms with E-state index in [1.165, 1.54) is 0 Å². The Balaban J connectivity index is 2.34. The minimum absolute atomic E-state index is 0.279. The number of halogens is 1. The maximum atomic E-state index is 13.8. The number of unbranched alkanes of at least 4 members (excludes halogenated alkanes) is 3. The van der Waals surface area contributed by atoms with E-state index in [-0.39, 0.29) is 5.82 Å². The van der Waals surface area contributed by atoms with E-state index in [4.69, 9.17) is 4.74 Å². The molecule has 1 rings (SSSR count). The summed E-state index contributed by atoms with van der Waals surface area (Å²) in [4.78, 5) is 0. The average molecular weight is 279 g/mol. The Bertz CT molecular complexity index is 404. The van der Waals surface area contributed by atoms with Crippen LogP contribution in [0.1, 0.15) is 45.1 Å². The van der Waals surface area contributed by atoms with Crippen molar-refractivity contribution in [1.29, 1.82) is 0 Å². The third-order valence-electron chi connectivity index (χ3n) is 3.02. The van der Waals surface area contributed by atoms with E-state index in [0.717, 1.165) is 31.2 Å². The van der Waals surface area contributed by atoms with Gasteiger partial charge in [0.25, 0.3) is 0 Å². The number of ether oxygens (including phenoxy) is 1. The fourth-order valence-corrected chi connectivity index (χ4v) is 1.84. The highest BCUT2D eigenvalue weighted by Gasteiger charge is 2.05. The van der Waals surface area contributed by atoms with Gasteiger partial charge in [-0.2, -0.15) is 0 Å². The molecule has 0 aliphatic heterocycles. The molecule has 0 unspecified atom stereocenters. The molecule has 1 aromatic rings. The summed E-state index contributed by atoms with van der Waals surface area (Å²) in [5, 5.41) is 3.26. The molecule has 0 radical (unpaired) electrons. The van der Waals surface area contributed by atoms with Gasteiger partial charge in [0.2, 0.25) is 0 Å². The van der Waals surface area contributed by atoms with Crippen LogP contribution in [-0.2, 0) is 6.54 Å². The summed E-state index contributed by atoms with van der Waals surface area (Å²) in [5.74, 6) is 0.0705. The highest BCUT2D eigenvalue weighted by Crippen LogP contribution is 2.19. The zero-order chi connectivity index (χ0) is 14.8. The van der Waals surface area contributed by atoms with Gasteiger partial charge in [-0.25, -0.2) is 4.39 Å². The minimum Gasteiger partial charge on any atom is -0.491 e. The van der Waals surface area contributed by atoms with E-state index in [9.17, 15) is 4.39 Å². The van der Waals surface area contributed by atoms with Gasteiger partial charge in [-0.05, 0) is 43.4 Å². The molecule has 3 heteroatoms. The van der Waals surface area contributed by atoms with Gasteiger partial charge in [-0.15, -0.1) is 6.58 Å². The lowest BCUT2D eigenvalue weighted by Gasteiger charge is -2.10. The number of allylic oxidation sites excluding steroid dienone is 1. The Kier molecular flexibility index (Phi) is 7.97. The minimum atomic E-state index is -0.279. The molecule has 0 atom stereocenters. The molecule has 1 N–H and O–H groups in total. The molecule has 112 valence electrons. The normalized spacial score (nSPS) is 10.8. The zero-order valence-corrected chi connectivity index (χ0v) is 12.6. The monoisotopic (exact) mass is 279 g/mol. The summed E-state index contributed by atoms with van der Waals surface area (Å²) in [6, 6.07) is 5.56. The summed E-state index contributed by atoms with van der Waals surface area (Å²) in [7, 11) is 0. The van der Waals surface area contributed by atoms with Gasteiger partial charge < -0.3 is 10.1 Å². The highest BCUT2D eigenvalue weighted by atomic mass is 19.1. The molecule has 0 aromatic heterocycles. The van der Waals surface area contributed by atoms with Crippen LogP contribution in [0.4, 0.5) is 4.39 Å². The number of nitrogens with one attached hydrogen (secondary N) is 1. The van der Waals surface area contributed by atoms with Crippen LogP contribution in [0.15, 0.2) is 30.9 Å². The van der Waals surface area contributed by atoms with Crippen LogP contribution >= 0.6 is 0 Å². The summed E-state index contributed by atoms with van der Waals surface area (Å²) in [6.07, 6.45) is 6.11. The average Bonchev–Trinajstić information content (AvgIpc) is 2.42. The summed E-state index contributed by atoms with van der Waals surface area (Å²) < 4.78 is 19.3. The van der Waals surface area contributed by atoms with Gasteiger partial charge >= 0.3 is 0 Å². The first-order valence-electron chi connectivity index (χ1n) is 7.39. The fraction of sp³-hybridized carbons (Fsp3) is 0.529. The summed E-state index contributed by atoms with van der Waals surface area (Å²) >= 11 is 0. The van der Waals surface area contributed by atoms with Crippen LogP contribution in [0.25, 0.3) is 0 Å². The molecule has 0 heterocycles. The maximum Gasteiger partial charge on any atom is 0.165 e. The second kappa shape index (κ2) is 9.54. The summed E-state index contributed by atoms with van der Waals surface area (Å²) in [6.45, 7) is 9.07. The van der Waals surface area contributed by atoms with Gasteiger partial charge in [0.05, 0.1) is 6.61 Å². The van der Waals surface area contributed by atoms with Crippen LogP contribution in [-0.4, -0.2) is 12.6 Å². The molecule has 0 fully saturated rings. The lowest BCUT2D eigenvalue weighted by molar-refractivity contribution is 0.290. The number of benzene rings is 1. The van der Waals surface area contributed by atoms with Crippen molar-refractivity contribution in [1.82, 2.24) is 5.32 Å². The lowest BCUT2D eigenvalue weighted by Crippen LogP contribution is -2.21. The SMILES string of the molecule is C=CCCCCCOc1ccc(CNC(C)C)cc1F. The number of hydrogen-bond donors (Lipinski definition) is 1.